The van der Waals surface area contributed by atoms with Gasteiger partial charge in [-0.2, -0.15) is 0 Å². The van der Waals surface area contributed by atoms with Crippen LogP contribution in [0.25, 0.3) is 0 Å². The molecule has 0 saturated carbocycles. The predicted molar refractivity (Wildman–Crippen MR) is 95.6 cm³/mol. The minimum atomic E-state index is -3.88. The van der Waals surface area contributed by atoms with E-state index < -0.39 is 16.1 Å². The second kappa shape index (κ2) is 7.97. The van der Waals surface area contributed by atoms with Crippen LogP contribution in [0.5, 0.6) is 0 Å². The van der Waals surface area contributed by atoms with Crippen LogP contribution in [0.4, 0.5) is 10.5 Å². The number of hydrogen-bond acceptors (Lipinski definition) is 3. The highest BCUT2D eigenvalue weighted by Gasteiger charge is 2.17. The van der Waals surface area contributed by atoms with Crippen LogP contribution in [0.1, 0.15) is 30.9 Å². The monoisotopic (exact) mass is 346 g/mol. The van der Waals surface area contributed by atoms with Crippen LogP contribution >= 0.6 is 0 Å². The summed E-state index contributed by atoms with van der Waals surface area (Å²) in [4.78, 5) is 12.0. The Hall–Kier alpha value is -2.34. The summed E-state index contributed by atoms with van der Waals surface area (Å²) in [5, 5.41) is 2.53. The largest absolute Gasteiger partial charge is 0.333 e. The SMILES string of the molecule is CCCCc1ccc(NC(=O)NS(=O)(=O)c2ccc(C)cc2)cc1. The fourth-order valence-corrected chi connectivity index (χ4v) is 3.10. The third kappa shape index (κ3) is 5.09. The molecule has 128 valence electrons. The summed E-state index contributed by atoms with van der Waals surface area (Å²) in [6.07, 6.45) is 3.23. The van der Waals surface area contributed by atoms with E-state index in [4.69, 9.17) is 0 Å². The fraction of sp³-hybridized carbons (Fsp3) is 0.278. The lowest BCUT2D eigenvalue weighted by molar-refractivity contribution is 0.256. The van der Waals surface area contributed by atoms with Crippen LogP contribution in [0, 0.1) is 6.92 Å². The van der Waals surface area contributed by atoms with E-state index in [1.165, 1.54) is 17.7 Å². The van der Waals surface area contributed by atoms with Crippen molar-refractivity contribution in [2.45, 2.75) is 38.0 Å². The van der Waals surface area contributed by atoms with Crippen molar-refractivity contribution in [2.24, 2.45) is 0 Å². The molecule has 2 N–H and O–H groups in total. The highest BCUT2D eigenvalue weighted by molar-refractivity contribution is 7.90. The molecule has 0 unspecified atom stereocenters. The van der Waals surface area contributed by atoms with Crippen molar-refractivity contribution in [3.8, 4) is 0 Å². The van der Waals surface area contributed by atoms with Gasteiger partial charge in [0.25, 0.3) is 10.0 Å². The number of sulfonamides is 1. The number of rotatable bonds is 6. The Morgan fingerprint density at radius 2 is 1.62 bits per heavy atom. The maximum atomic E-state index is 12.1. The van der Waals surface area contributed by atoms with Gasteiger partial charge >= 0.3 is 6.03 Å². The summed E-state index contributed by atoms with van der Waals surface area (Å²) in [5.74, 6) is 0. The number of aryl methyl sites for hydroxylation is 2. The molecule has 0 aliphatic heterocycles. The Bertz CT molecular complexity index is 782. The average Bonchev–Trinajstić information content (AvgIpc) is 2.54. The quantitative estimate of drug-likeness (QED) is 0.834. The molecule has 6 heteroatoms. The molecule has 0 saturated heterocycles. The smallest absolute Gasteiger partial charge is 0.307 e. The first-order valence-electron chi connectivity index (χ1n) is 7.90. The highest BCUT2D eigenvalue weighted by Crippen LogP contribution is 2.13. The third-order valence-electron chi connectivity index (χ3n) is 3.59. The van der Waals surface area contributed by atoms with Crippen molar-refractivity contribution in [1.82, 2.24) is 4.72 Å². The number of nitrogens with one attached hydrogen (secondary N) is 2. The van der Waals surface area contributed by atoms with Crippen molar-refractivity contribution < 1.29 is 13.2 Å². The average molecular weight is 346 g/mol. The number of anilines is 1. The van der Waals surface area contributed by atoms with Crippen molar-refractivity contribution in [3.63, 3.8) is 0 Å². The zero-order chi connectivity index (χ0) is 17.6. The van der Waals surface area contributed by atoms with Crippen LogP contribution in [0.2, 0.25) is 0 Å². The Balaban J connectivity index is 1.98. The van der Waals surface area contributed by atoms with Gasteiger partial charge in [0.15, 0.2) is 0 Å². The van der Waals surface area contributed by atoms with Crippen LogP contribution in [0.3, 0.4) is 0 Å². The van der Waals surface area contributed by atoms with Gasteiger partial charge in [-0.15, -0.1) is 0 Å². The van der Waals surface area contributed by atoms with E-state index in [9.17, 15) is 13.2 Å². The van der Waals surface area contributed by atoms with Crippen LogP contribution in [-0.2, 0) is 16.4 Å². The summed E-state index contributed by atoms with van der Waals surface area (Å²) >= 11 is 0. The van der Waals surface area contributed by atoms with Crippen LogP contribution < -0.4 is 10.0 Å². The van der Waals surface area contributed by atoms with E-state index in [1.807, 2.05) is 23.8 Å². The molecule has 0 spiro atoms. The van der Waals surface area contributed by atoms with E-state index in [0.717, 1.165) is 24.8 Å². The summed E-state index contributed by atoms with van der Waals surface area (Å²) in [5.41, 5.74) is 2.68. The first kappa shape index (κ1) is 18.0. The molecular formula is C18H22N2O3S. The van der Waals surface area contributed by atoms with Gasteiger partial charge in [0.05, 0.1) is 4.90 Å². The molecule has 2 aromatic carbocycles. The van der Waals surface area contributed by atoms with Crippen molar-refractivity contribution in [3.05, 3.63) is 59.7 Å². The van der Waals surface area contributed by atoms with Gasteiger partial charge in [-0.25, -0.2) is 17.9 Å². The van der Waals surface area contributed by atoms with Crippen LogP contribution in [-0.4, -0.2) is 14.4 Å². The summed E-state index contributed by atoms with van der Waals surface area (Å²) in [7, 11) is -3.88. The second-order valence-corrected chi connectivity index (χ2v) is 7.36. The first-order chi connectivity index (χ1) is 11.4. The zero-order valence-corrected chi connectivity index (χ0v) is 14.7. The van der Waals surface area contributed by atoms with Gasteiger partial charge in [-0.1, -0.05) is 43.2 Å². The molecule has 0 heterocycles. The number of amides is 2. The van der Waals surface area contributed by atoms with Gasteiger partial charge in [0.1, 0.15) is 0 Å². The number of unbranched alkanes of at least 4 members (excludes halogenated alkanes) is 1. The van der Waals surface area contributed by atoms with Gasteiger partial charge in [-0.05, 0) is 49.6 Å². The standard InChI is InChI=1S/C18H22N2O3S/c1-3-4-5-15-8-10-16(11-9-15)19-18(21)20-24(22,23)17-12-6-14(2)7-13-17/h6-13H,3-5H2,1-2H3,(H2,19,20,21). The van der Waals surface area contributed by atoms with Crippen molar-refractivity contribution in [2.75, 3.05) is 5.32 Å². The summed E-state index contributed by atoms with van der Waals surface area (Å²) in [6, 6.07) is 12.9. The number of hydrogen-bond donors (Lipinski definition) is 2. The highest BCUT2D eigenvalue weighted by atomic mass is 32.2. The van der Waals surface area contributed by atoms with E-state index in [-0.39, 0.29) is 4.90 Å². The maximum absolute atomic E-state index is 12.1. The van der Waals surface area contributed by atoms with E-state index in [0.29, 0.717) is 5.69 Å². The Morgan fingerprint density at radius 1 is 1.00 bits per heavy atom. The van der Waals surface area contributed by atoms with Gasteiger partial charge in [-0.3, -0.25) is 0 Å². The maximum Gasteiger partial charge on any atom is 0.333 e. The molecule has 0 aliphatic rings. The minimum absolute atomic E-state index is 0.0539. The number of urea groups is 1. The van der Waals surface area contributed by atoms with Gasteiger partial charge in [0.2, 0.25) is 0 Å². The number of benzene rings is 2. The zero-order valence-electron chi connectivity index (χ0n) is 13.9. The number of carbonyl (C=O) groups excluding carboxylic acids is 1. The molecule has 0 aliphatic carbocycles. The van der Waals surface area contributed by atoms with Crippen molar-refractivity contribution >= 4 is 21.7 Å². The molecule has 0 fully saturated rings. The lowest BCUT2D eigenvalue weighted by Gasteiger charge is -2.09. The second-order valence-electron chi connectivity index (χ2n) is 5.67. The van der Waals surface area contributed by atoms with Crippen molar-refractivity contribution in [1.29, 1.82) is 0 Å². The lowest BCUT2D eigenvalue weighted by Crippen LogP contribution is -2.34. The molecule has 24 heavy (non-hydrogen) atoms. The normalized spacial score (nSPS) is 11.1. The number of carbonyl (C=O) groups is 1. The minimum Gasteiger partial charge on any atom is -0.307 e. The lowest BCUT2D eigenvalue weighted by atomic mass is 10.1. The Kier molecular flexibility index (Phi) is 5.98. The molecule has 0 radical (unpaired) electrons. The first-order valence-corrected chi connectivity index (χ1v) is 9.38. The molecule has 2 amide bonds. The molecule has 0 atom stereocenters. The molecule has 2 rings (SSSR count). The van der Waals surface area contributed by atoms with E-state index in [2.05, 4.69) is 12.2 Å². The molecule has 5 nitrogen and oxygen atoms in total. The summed E-state index contributed by atoms with van der Waals surface area (Å²) < 4.78 is 26.3. The molecule has 0 aromatic heterocycles. The van der Waals surface area contributed by atoms with Gasteiger partial charge in [0, 0.05) is 5.69 Å². The molecule has 0 bridgehead atoms. The van der Waals surface area contributed by atoms with Crippen LogP contribution in [0.15, 0.2) is 53.4 Å². The molecule has 2 aromatic rings. The van der Waals surface area contributed by atoms with Gasteiger partial charge < -0.3 is 5.32 Å². The predicted octanol–water partition coefficient (Wildman–Crippen LogP) is 3.85. The Labute approximate surface area is 143 Å². The summed E-state index contributed by atoms with van der Waals surface area (Å²) in [6.45, 7) is 4.00. The molecular weight excluding hydrogens is 324 g/mol. The Morgan fingerprint density at radius 3 is 2.21 bits per heavy atom. The fourth-order valence-electron chi connectivity index (χ4n) is 2.19. The third-order valence-corrected chi connectivity index (χ3v) is 4.94. The van der Waals surface area contributed by atoms with E-state index >= 15 is 0 Å². The van der Waals surface area contributed by atoms with E-state index in [1.54, 1.807) is 24.3 Å². The topological polar surface area (TPSA) is 75.3 Å².